The first-order chi connectivity index (χ1) is 16.8. The van der Waals surface area contributed by atoms with Gasteiger partial charge in [0.05, 0.1) is 18.5 Å². The Bertz CT molecular complexity index is 1410. The van der Waals surface area contributed by atoms with E-state index in [1.165, 1.54) is 46.9 Å². The highest BCUT2D eigenvalue weighted by Gasteiger charge is 2.21. The molecule has 7 nitrogen and oxygen atoms in total. The Morgan fingerprint density at radius 3 is 2.34 bits per heavy atom. The molecule has 1 amide bonds. The molecule has 0 saturated heterocycles. The monoisotopic (exact) mass is 528 g/mol. The Kier molecular flexibility index (Phi) is 7.79. The summed E-state index contributed by atoms with van der Waals surface area (Å²) in [7, 11) is -3.73. The van der Waals surface area contributed by atoms with Gasteiger partial charge in [-0.05, 0) is 35.4 Å². The topological polar surface area (TPSA) is 92.3 Å². The lowest BCUT2D eigenvalue weighted by Crippen LogP contribution is -2.30. The van der Waals surface area contributed by atoms with Crippen LogP contribution in [0.15, 0.2) is 83.2 Å². The lowest BCUT2D eigenvalue weighted by Gasteiger charge is -2.23. The summed E-state index contributed by atoms with van der Waals surface area (Å²) in [6, 6.07) is 22.1. The van der Waals surface area contributed by atoms with Gasteiger partial charge in [0.1, 0.15) is 5.82 Å². The van der Waals surface area contributed by atoms with E-state index in [1.54, 1.807) is 30.3 Å². The van der Waals surface area contributed by atoms with Crippen molar-refractivity contribution in [3.05, 3.63) is 101 Å². The van der Waals surface area contributed by atoms with Crippen LogP contribution in [0.4, 0.5) is 15.2 Å². The molecule has 0 radical (unpaired) electrons. The fourth-order valence-electron chi connectivity index (χ4n) is 3.17. The van der Waals surface area contributed by atoms with Gasteiger partial charge in [-0.25, -0.2) is 12.8 Å². The summed E-state index contributed by atoms with van der Waals surface area (Å²) in [4.78, 5) is 12.6. The first kappa shape index (κ1) is 24.8. The Morgan fingerprint density at radius 2 is 1.66 bits per heavy atom. The van der Waals surface area contributed by atoms with Gasteiger partial charge in [0.2, 0.25) is 15.2 Å². The number of nitrogens with one attached hydrogen (secondary N) is 1. The molecule has 0 saturated carbocycles. The average Bonchev–Trinajstić information content (AvgIpc) is 3.29. The third-order valence-corrected chi connectivity index (χ3v) is 8.07. The van der Waals surface area contributed by atoms with E-state index in [1.807, 2.05) is 30.3 Å². The van der Waals surface area contributed by atoms with Crippen molar-refractivity contribution in [2.75, 3.05) is 15.9 Å². The summed E-state index contributed by atoms with van der Waals surface area (Å²) in [5.41, 5.74) is 2.11. The highest BCUT2D eigenvalue weighted by atomic mass is 32.2. The van der Waals surface area contributed by atoms with Crippen LogP contribution in [0.3, 0.4) is 0 Å². The smallest absolute Gasteiger partial charge is 0.257 e. The minimum Gasteiger partial charge on any atom is -0.296 e. The summed E-state index contributed by atoms with van der Waals surface area (Å²) < 4.78 is 40.5. The van der Waals surface area contributed by atoms with Gasteiger partial charge in [-0.15, -0.1) is 10.2 Å². The third-order valence-electron chi connectivity index (χ3n) is 4.90. The number of halogens is 1. The second-order valence-corrected chi connectivity index (χ2v) is 11.6. The van der Waals surface area contributed by atoms with Crippen LogP contribution in [-0.2, 0) is 22.3 Å². The molecule has 35 heavy (non-hydrogen) atoms. The normalized spacial score (nSPS) is 11.3. The van der Waals surface area contributed by atoms with Crippen LogP contribution in [0.2, 0.25) is 0 Å². The highest BCUT2D eigenvalue weighted by Crippen LogP contribution is 2.28. The zero-order chi connectivity index (χ0) is 24.8. The molecule has 0 spiro atoms. The number of rotatable bonds is 9. The number of thioether (sulfide) groups is 1. The van der Waals surface area contributed by atoms with Crippen molar-refractivity contribution in [2.45, 2.75) is 16.6 Å². The standard InChI is InChI=1S/C24H21FN4O3S3/c1-35(31,32)29(21-10-6-5-9-20(21)25)15-17-11-13-19(14-12-17)22(30)26-23-27-28-24(34-23)33-16-18-7-3-2-4-8-18/h2-14H,15-16H2,1H3,(H,26,27,30). The Balaban J connectivity index is 1.39. The van der Waals surface area contributed by atoms with Gasteiger partial charge in [0.25, 0.3) is 5.91 Å². The van der Waals surface area contributed by atoms with Crippen LogP contribution in [-0.4, -0.2) is 30.8 Å². The SMILES string of the molecule is CS(=O)(=O)N(Cc1ccc(C(=O)Nc2nnc(SCc3ccccc3)s2)cc1)c1ccccc1F. The first-order valence-corrected chi connectivity index (χ1v) is 14.1. The molecule has 0 fully saturated rings. The van der Waals surface area contributed by atoms with Gasteiger partial charge in [-0.3, -0.25) is 14.4 Å². The van der Waals surface area contributed by atoms with E-state index in [9.17, 15) is 17.6 Å². The predicted octanol–water partition coefficient (Wildman–Crippen LogP) is 5.19. The van der Waals surface area contributed by atoms with Crippen LogP contribution < -0.4 is 9.62 Å². The van der Waals surface area contributed by atoms with E-state index < -0.39 is 15.8 Å². The van der Waals surface area contributed by atoms with Crippen molar-refractivity contribution in [3.8, 4) is 0 Å². The van der Waals surface area contributed by atoms with Gasteiger partial charge >= 0.3 is 0 Å². The molecule has 1 aromatic heterocycles. The number of hydrogen-bond donors (Lipinski definition) is 1. The van der Waals surface area contributed by atoms with Crippen LogP contribution in [0.25, 0.3) is 0 Å². The summed E-state index contributed by atoms with van der Waals surface area (Å²) >= 11 is 2.83. The molecule has 1 N–H and O–H groups in total. The van der Waals surface area contributed by atoms with Crippen molar-refractivity contribution in [3.63, 3.8) is 0 Å². The van der Waals surface area contributed by atoms with Gasteiger partial charge in [-0.1, -0.05) is 77.7 Å². The number of anilines is 2. The largest absolute Gasteiger partial charge is 0.296 e. The minimum absolute atomic E-state index is 0.0333. The maximum absolute atomic E-state index is 14.2. The van der Waals surface area contributed by atoms with Crippen LogP contribution in [0.5, 0.6) is 0 Å². The molecular formula is C24H21FN4O3S3. The molecule has 4 rings (SSSR count). The van der Waals surface area contributed by atoms with Gasteiger partial charge in [-0.2, -0.15) is 0 Å². The number of nitrogens with zero attached hydrogens (tertiary/aromatic N) is 3. The number of aromatic nitrogens is 2. The highest BCUT2D eigenvalue weighted by molar-refractivity contribution is 8.00. The van der Waals surface area contributed by atoms with Crippen LogP contribution >= 0.6 is 23.1 Å². The summed E-state index contributed by atoms with van der Waals surface area (Å²) in [6.07, 6.45) is 1.02. The second-order valence-electron chi connectivity index (χ2n) is 7.52. The van der Waals surface area contributed by atoms with Crippen molar-refractivity contribution < 1.29 is 17.6 Å². The van der Waals surface area contributed by atoms with E-state index in [4.69, 9.17) is 0 Å². The third kappa shape index (κ3) is 6.65. The quantitative estimate of drug-likeness (QED) is 0.238. The first-order valence-electron chi connectivity index (χ1n) is 10.4. The molecule has 3 aromatic carbocycles. The van der Waals surface area contributed by atoms with Gasteiger partial charge in [0, 0.05) is 11.3 Å². The van der Waals surface area contributed by atoms with Gasteiger partial charge in [0.15, 0.2) is 4.34 Å². The molecule has 0 unspecified atom stereocenters. The molecule has 4 aromatic rings. The van der Waals surface area contributed by atoms with E-state index in [0.717, 1.165) is 20.7 Å². The molecule has 0 aliphatic rings. The molecule has 0 atom stereocenters. The fourth-order valence-corrected chi connectivity index (χ4v) is 5.76. The van der Waals surface area contributed by atoms with Crippen molar-refractivity contribution in [2.24, 2.45) is 0 Å². The number of hydrogen-bond acceptors (Lipinski definition) is 7. The van der Waals surface area contributed by atoms with E-state index in [0.29, 0.717) is 16.3 Å². The minimum atomic E-state index is -3.73. The molecule has 0 bridgehead atoms. The van der Waals surface area contributed by atoms with Crippen LogP contribution in [0, 0.1) is 5.82 Å². The molecule has 0 aliphatic heterocycles. The lowest BCUT2D eigenvalue weighted by atomic mass is 10.1. The zero-order valence-corrected chi connectivity index (χ0v) is 21.0. The Labute approximate surface area is 211 Å². The zero-order valence-electron chi connectivity index (χ0n) is 18.6. The van der Waals surface area contributed by atoms with Crippen molar-refractivity contribution >= 4 is 49.8 Å². The Morgan fingerprint density at radius 1 is 0.971 bits per heavy atom. The average molecular weight is 529 g/mol. The predicted molar refractivity (Wildman–Crippen MR) is 138 cm³/mol. The summed E-state index contributed by atoms with van der Waals surface area (Å²) in [5, 5.41) is 11.3. The molecular weight excluding hydrogens is 507 g/mol. The maximum atomic E-state index is 14.2. The summed E-state index contributed by atoms with van der Waals surface area (Å²) in [6.45, 7) is -0.0694. The van der Waals surface area contributed by atoms with E-state index in [-0.39, 0.29) is 18.1 Å². The van der Waals surface area contributed by atoms with E-state index in [2.05, 4.69) is 15.5 Å². The Hall–Kier alpha value is -3.28. The molecule has 180 valence electrons. The molecule has 11 heteroatoms. The number of para-hydroxylation sites is 1. The second kappa shape index (κ2) is 11.0. The number of benzene rings is 3. The summed E-state index contributed by atoms with van der Waals surface area (Å²) in [5.74, 6) is -0.240. The number of amides is 1. The fraction of sp³-hybridized carbons (Fsp3) is 0.125. The van der Waals surface area contributed by atoms with Crippen molar-refractivity contribution in [1.29, 1.82) is 0 Å². The number of sulfonamides is 1. The molecule has 1 heterocycles. The molecule has 0 aliphatic carbocycles. The maximum Gasteiger partial charge on any atom is 0.257 e. The van der Waals surface area contributed by atoms with Gasteiger partial charge < -0.3 is 0 Å². The van der Waals surface area contributed by atoms with Crippen LogP contribution in [0.1, 0.15) is 21.5 Å². The van der Waals surface area contributed by atoms with Crippen molar-refractivity contribution in [1.82, 2.24) is 10.2 Å². The van der Waals surface area contributed by atoms with E-state index >= 15 is 0 Å². The number of carbonyl (C=O) groups excluding carboxylic acids is 1. The number of carbonyl (C=O) groups is 1. The lowest BCUT2D eigenvalue weighted by molar-refractivity contribution is 0.102.